The van der Waals surface area contributed by atoms with Crippen molar-refractivity contribution in [3.63, 3.8) is 0 Å². The van der Waals surface area contributed by atoms with Gasteiger partial charge in [0.2, 0.25) is 0 Å². The molecule has 0 aliphatic carbocycles. The molecule has 2 heterocycles. The van der Waals surface area contributed by atoms with Crippen molar-refractivity contribution in [3.05, 3.63) is 30.5 Å². The average molecular weight is 149 g/mol. The van der Waals surface area contributed by atoms with Crippen LogP contribution in [0.2, 0.25) is 0 Å². The molecule has 0 amide bonds. The highest BCUT2D eigenvalue weighted by molar-refractivity contribution is 5.62. The van der Waals surface area contributed by atoms with Crippen LogP contribution >= 0.6 is 0 Å². The van der Waals surface area contributed by atoms with Crippen molar-refractivity contribution < 1.29 is 0 Å². The van der Waals surface area contributed by atoms with E-state index in [9.17, 15) is 0 Å². The summed E-state index contributed by atoms with van der Waals surface area (Å²) in [6.07, 6.45) is 6.78. The molecule has 0 atom stereocenters. The third-order valence-corrected chi connectivity index (χ3v) is 1.36. The fraction of sp³-hybridized carbons (Fsp3) is 0. The second-order valence-corrected chi connectivity index (χ2v) is 2.08. The maximum absolute atomic E-state index is 3.88. The van der Waals surface area contributed by atoms with E-state index >= 15 is 0 Å². The highest BCUT2D eigenvalue weighted by Crippen LogP contribution is 2.06. The van der Waals surface area contributed by atoms with E-state index in [2.05, 4.69) is 26.4 Å². The van der Waals surface area contributed by atoms with Gasteiger partial charge in [-0.15, -0.1) is 0 Å². The molecule has 0 saturated carbocycles. The molecule has 5 nitrogen and oxygen atoms in total. The minimum absolute atomic E-state index is 0.936. The van der Waals surface area contributed by atoms with E-state index in [0.29, 0.717) is 0 Å². The molecule has 1 aliphatic rings. The molecule has 0 radical (unpaired) electrons. The normalized spacial score (nSPS) is 15.1. The van der Waals surface area contributed by atoms with Gasteiger partial charge in [-0.2, -0.15) is 5.53 Å². The van der Waals surface area contributed by atoms with E-state index in [1.165, 1.54) is 6.33 Å². The molecule has 0 spiro atoms. The molecule has 1 aromatic heterocycles. The van der Waals surface area contributed by atoms with Crippen LogP contribution in [0, 0.1) is 0 Å². The zero-order chi connectivity index (χ0) is 7.52. The first-order valence-electron chi connectivity index (χ1n) is 3.19. The minimum atomic E-state index is 0.936. The van der Waals surface area contributed by atoms with Gasteiger partial charge >= 0.3 is 0 Å². The molecule has 0 aromatic carbocycles. The predicted octanol–water partition coefficient (Wildman–Crippen LogP) is -0.613. The van der Waals surface area contributed by atoms with Gasteiger partial charge in [-0.1, -0.05) is 0 Å². The van der Waals surface area contributed by atoms with Gasteiger partial charge in [0, 0.05) is 24.2 Å². The largest absolute Gasteiger partial charge is 0.309 e. The van der Waals surface area contributed by atoms with Crippen LogP contribution in [0.15, 0.2) is 24.9 Å². The molecule has 0 unspecified atom stereocenters. The Morgan fingerprint density at radius 2 is 2.00 bits per heavy atom. The van der Waals surface area contributed by atoms with Crippen LogP contribution in [0.4, 0.5) is 0 Å². The van der Waals surface area contributed by atoms with Gasteiger partial charge in [-0.05, 0) is 0 Å². The fourth-order valence-corrected chi connectivity index (χ4v) is 0.841. The Kier molecular flexibility index (Phi) is 1.42. The second kappa shape index (κ2) is 2.55. The summed E-state index contributed by atoms with van der Waals surface area (Å²) in [7, 11) is 0. The topological polar surface area (TPSA) is 61.9 Å². The number of hydrogen-bond donors (Lipinski definition) is 3. The lowest BCUT2D eigenvalue weighted by molar-refractivity contribution is 0.620. The van der Waals surface area contributed by atoms with Crippen molar-refractivity contribution in [2.75, 3.05) is 0 Å². The van der Waals surface area contributed by atoms with Crippen molar-refractivity contribution in [1.82, 2.24) is 26.4 Å². The summed E-state index contributed by atoms with van der Waals surface area (Å²) in [5.74, 6) is 0. The molecule has 1 aliphatic heterocycles. The number of hydrazine groups is 2. The molecule has 1 aromatic rings. The lowest BCUT2D eigenvalue weighted by Crippen LogP contribution is -2.31. The molecule has 0 saturated heterocycles. The summed E-state index contributed by atoms with van der Waals surface area (Å²) >= 11 is 0. The molecule has 2 rings (SSSR count). The van der Waals surface area contributed by atoms with Crippen LogP contribution in [0.25, 0.3) is 5.70 Å². The van der Waals surface area contributed by atoms with E-state index in [-0.39, 0.29) is 0 Å². The lowest BCUT2D eigenvalue weighted by atomic mass is 10.3. The van der Waals surface area contributed by atoms with Crippen molar-refractivity contribution >= 4 is 5.70 Å². The third-order valence-electron chi connectivity index (χ3n) is 1.36. The van der Waals surface area contributed by atoms with Crippen molar-refractivity contribution in [2.24, 2.45) is 0 Å². The first-order valence-corrected chi connectivity index (χ1v) is 3.19. The number of hydrogen-bond acceptors (Lipinski definition) is 5. The Hall–Kier alpha value is -1.62. The Morgan fingerprint density at radius 3 is 2.64 bits per heavy atom. The summed E-state index contributed by atoms with van der Waals surface area (Å²) in [6.45, 7) is 0. The van der Waals surface area contributed by atoms with Gasteiger partial charge in [-0.25, -0.2) is 9.97 Å². The smallest absolute Gasteiger partial charge is 0.115 e. The maximum Gasteiger partial charge on any atom is 0.115 e. The maximum atomic E-state index is 3.88. The van der Waals surface area contributed by atoms with Crippen LogP contribution in [-0.2, 0) is 0 Å². The molecular formula is C6H7N5. The van der Waals surface area contributed by atoms with Gasteiger partial charge in [-0.3, -0.25) is 0 Å². The summed E-state index contributed by atoms with van der Waals surface area (Å²) in [5, 5.41) is 0. The highest BCUT2D eigenvalue weighted by atomic mass is 15.6. The van der Waals surface area contributed by atoms with Gasteiger partial charge in [0.05, 0.1) is 5.70 Å². The average Bonchev–Trinajstić information content (AvgIpc) is 2.58. The Balaban J connectivity index is 2.29. The number of aromatic nitrogens is 2. The van der Waals surface area contributed by atoms with Crippen LogP contribution in [0.5, 0.6) is 0 Å². The Labute approximate surface area is 63.5 Å². The first-order chi connectivity index (χ1) is 5.47. The molecule has 56 valence electrons. The molecular weight excluding hydrogens is 142 g/mol. The van der Waals surface area contributed by atoms with Crippen LogP contribution in [0.3, 0.4) is 0 Å². The SMILES string of the molecule is C1=C(c2cncnc2)NNN1. The van der Waals surface area contributed by atoms with Crippen LogP contribution in [-0.4, -0.2) is 9.97 Å². The standard InChI is InChI=1S/C6H7N5/c1-5(2-8-4-7-1)6-3-9-11-10-6/h1-4,9-11H. The monoisotopic (exact) mass is 149 g/mol. The molecule has 0 fully saturated rings. The molecule has 3 N–H and O–H groups in total. The van der Waals surface area contributed by atoms with E-state index in [1.54, 1.807) is 18.6 Å². The van der Waals surface area contributed by atoms with Crippen molar-refractivity contribution in [1.29, 1.82) is 0 Å². The minimum Gasteiger partial charge on any atom is -0.309 e. The lowest BCUT2D eigenvalue weighted by Gasteiger charge is -1.99. The van der Waals surface area contributed by atoms with E-state index in [0.717, 1.165) is 11.3 Å². The number of rotatable bonds is 1. The quantitative estimate of drug-likeness (QED) is 0.497. The zero-order valence-corrected chi connectivity index (χ0v) is 5.70. The van der Waals surface area contributed by atoms with Gasteiger partial charge in [0.25, 0.3) is 0 Å². The Morgan fingerprint density at radius 1 is 1.18 bits per heavy atom. The summed E-state index contributed by atoms with van der Waals surface area (Å²) in [4.78, 5) is 7.76. The predicted molar refractivity (Wildman–Crippen MR) is 39.4 cm³/mol. The van der Waals surface area contributed by atoms with Crippen molar-refractivity contribution in [3.8, 4) is 0 Å². The molecule has 11 heavy (non-hydrogen) atoms. The van der Waals surface area contributed by atoms with E-state index in [4.69, 9.17) is 0 Å². The van der Waals surface area contributed by atoms with Gasteiger partial charge in [0.1, 0.15) is 6.33 Å². The van der Waals surface area contributed by atoms with E-state index < -0.39 is 0 Å². The third kappa shape index (κ3) is 1.13. The number of nitrogens with zero attached hydrogens (tertiary/aromatic N) is 2. The Bertz CT molecular complexity index is 268. The van der Waals surface area contributed by atoms with Gasteiger partial charge in [0.15, 0.2) is 0 Å². The summed E-state index contributed by atoms with van der Waals surface area (Å²) < 4.78 is 0. The molecule has 5 heteroatoms. The highest BCUT2D eigenvalue weighted by Gasteiger charge is 2.03. The van der Waals surface area contributed by atoms with Gasteiger partial charge < -0.3 is 10.9 Å². The zero-order valence-electron chi connectivity index (χ0n) is 5.70. The van der Waals surface area contributed by atoms with Crippen LogP contribution in [0.1, 0.15) is 5.56 Å². The first kappa shape index (κ1) is 6.11. The fourth-order valence-electron chi connectivity index (χ4n) is 0.841. The van der Waals surface area contributed by atoms with E-state index in [1.807, 2.05) is 0 Å². The summed E-state index contributed by atoms with van der Waals surface area (Å²) in [5.41, 5.74) is 10.3. The molecule has 0 bridgehead atoms. The second-order valence-electron chi connectivity index (χ2n) is 2.08. The van der Waals surface area contributed by atoms with Crippen LogP contribution < -0.4 is 16.4 Å². The van der Waals surface area contributed by atoms with Crippen molar-refractivity contribution in [2.45, 2.75) is 0 Å². The number of nitrogens with one attached hydrogen (secondary N) is 3. The summed E-state index contributed by atoms with van der Waals surface area (Å²) in [6, 6.07) is 0.